The molecular formula is C10H5ClF3NO. The Balaban J connectivity index is 3.21. The van der Waals surface area contributed by atoms with Gasteiger partial charge in [-0.25, -0.2) is 0 Å². The van der Waals surface area contributed by atoms with Crippen molar-refractivity contribution in [3.63, 3.8) is 0 Å². The Morgan fingerprint density at radius 2 is 2.00 bits per heavy atom. The summed E-state index contributed by atoms with van der Waals surface area (Å²) in [4.78, 5) is 10.3. The molecule has 6 heteroatoms. The smallest absolute Gasteiger partial charge is 0.359 e. The molecule has 0 fully saturated rings. The van der Waals surface area contributed by atoms with Crippen LogP contribution in [0.15, 0.2) is 18.2 Å². The summed E-state index contributed by atoms with van der Waals surface area (Å²) in [5.41, 5.74) is 3.77. The zero-order chi connectivity index (χ0) is 12.3. The molecular weight excluding hydrogens is 243 g/mol. The monoisotopic (exact) mass is 247 g/mol. The maximum Gasteiger partial charge on any atom is 0.416 e. The van der Waals surface area contributed by atoms with Crippen LogP contribution >= 0.6 is 11.6 Å². The number of alkyl halides is 3. The molecule has 84 valence electrons. The molecule has 0 atom stereocenters. The molecule has 16 heavy (non-hydrogen) atoms. The minimum Gasteiger partial charge on any atom is -0.359 e. The van der Waals surface area contributed by atoms with Gasteiger partial charge in [0.2, 0.25) is 0 Å². The molecule has 2 N–H and O–H groups in total. The molecule has 1 rings (SSSR count). The third-order valence-electron chi connectivity index (χ3n) is 1.61. The minimum atomic E-state index is -4.48. The minimum absolute atomic E-state index is 0.0294. The Morgan fingerprint density at radius 1 is 1.38 bits per heavy atom. The predicted molar refractivity (Wildman–Crippen MR) is 52.5 cm³/mol. The van der Waals surface area contributed by atoms with Gasteiger partial charge in [0.05, 0.1) is 10.6 Å². The Morgan fingerprint density at radius 3 is 2.50 bits per heavy atom. The molecule has 0 saturated heterocycles. The average Bonchev–Trinajstić information content (AvgIpc) is 2.14. The second kappa shape index (κ2) is 4.45. The highest BCUT2D eigenvalue weighted by Gasteiger charge is 2.30. The number of benzene rings is 1. The molecule has 2 nitrogen and oxygen atoms in total. The van der Waals surface area contributed by atoms with Crippen molar-refractivity contribution in [1.82, 2.24) is 0 Å². The lowest BCUT2D eigenvalue weighted by molar-refractivity contribution is -0.137. The van der Waals surface area contributed by atoms with Crippen LogP contribution in [0.2, 0.25) is 5.02 Å². The van der Waals surface area contributed by atoms with Crippen molar-refractivity contribution in [3.05, 3.63) is 34.3 Å². The molecule has 0 heterocycles. The number of hydrogen-bond donors (Lipinski definition) is 1. The second-order valence-electron chi connectivity index (χ2n) is 2.81. The summed E-state index contributed by atoms with van der Waals surface area (Å²) in [5, 5.41) is 0.0294. The van der Waals surface area contributed by atoms with Crippen molar-refractivity contribution < 1.29 is 18.0 Å². The van der Waals surface area contributed by atoms with Crippen LogP contribution < -0.4 is 5.73 Å². The molecule has 1 aromatic carbocycles. The first-order valence-electron chi connectivity index (χ1n) is 3.99. The van der Waals surface area contributed by atoms with Crippen molar-refractivity contribution in [2.45, 2.75) is 6.18 Å². The van der Waals surface area contributed by atoms with Crippen LogP contribution in [0.3, 0.4) is 0 Å². The normalized spacial score (nSPS) is 10.5. The summed E-state index contributed by atoms with van der Waals surface area (Å²) in [6, 6.07) is 2.66. The third-order valence-corrected chi connectivity index (χ3v) is 1.94. The summed E-state index contributed by atoms with van der Waals surface area (Å²) in [7, 11) is 0. The van der Waals surface area contributed by atoms with Crippen molar-refractivity contribution >= 4 is 17.5 Å². The lowest BCUT2D eigenvalue weighted by Crippen LogP contribution is -2.07. The lowest BCUT2D eigenvalue weighted by Gasteiger charge is -2.07. The van der Waals surface area contributed by atoms with Gasteiger partial charge in [0.15, 0.2) is 0 Å². The summed E-state index contributed by atoms with van der Waals surface area (Å²) in [5.74, 6) is 3.15. The Kier molecular flexibility index (Phi) is 3.45. The first-order valence-corrected chi connectivity index (χ1v) is 4.36. The predicted octanol–water partition coefficient (Wildman–Crippen LogP) is 2.20. The molecule has 0 aromatic heterocycles. The van der Waals surface area contributed by atoms with Crippen molar-refractivity contribution in [3.8, 4) is 11.8 Å². The van der Waals surface area contributed by atoms with E-state index in [0.717, 1.165) is 18.2 Å². The van der Waals surface area contributed by atoms with Crippen LogP contribution in [0.25, 0.3) is 0 Å². The van der Waals surface area contributed by atoms with Crippen LogP contribution in [0, 0.1) is 11.8 Å². The van der Waals surface area contributed by atoms with Gasteiger partial charge in [-0.1, -0.05) is 17.5 Å². The van der Waals surface area contributed by atoms with Gasteiger partial charge in [-0.15, -0.1) is 0 Å². The average molecular weight is 248 g/mol. The number of primary amides is 1. The van der Waals surface area contributed by atoms with Crippen LogP contribution in [-0.4, -0.2) is 5.91 Å². The highest BCUT2D eigenvalue weighted by molar-refractivity contribution is 6.31. The second-order valence-corrected chi connectivity index (χ2v) is 3.21. The van der Waals surface area contributed by atoms with Gasteiger partial charge in [-0.05, 0) is 18.2 Å². The van der Waals surface area contributed by atoms with Crippen LogP contribution in [-0.2, 0) is 11.0 Å². The van der Waals surface area contributed by atoms with Crippen LogP contribution in [0.1, 0.15) is 11.1 Å². The fourth-order valence-electron chi connectivity index (χ4n) is 0.926. The van der Waals surface area contributed by atoms with E-state index in [2.05, 4.69) is 5.92 Å². The molecule has 0 radical (unpaired) electrons. The molecule has 0 aliphatic heterocycles. The van der Waals surface area contributed by atoms with E-state index >= 15 is 0 Å². The maximum atomic E-state index is 12.3. The largest absolute Gasteiger partial charge is 0.416 e. The number of rotatable bonds is 0. The zero-order valence-electron chi connectivity index (χ0n) is 7.73. The van der Waals surface area contributed by atoms with Gasteiger partial charge in [-0.3, -0.25) is 4.79 Å². The number of carbonyl (C=O) groups excluding carboxylic acids is 1. The molecule has 0 spiro atoms. The van der Waals surface area contributed by atoms with Crippen LogP contribution in [0.4, 0.5) is 13.2 Å². The molecule has 1 amide bonds. The van der Waals surface area contributed by atoms with E-state index in [-0.39, 0.29) is 10.6 Å². The van der Waals surface area contributed by atoms with E-state index in [1.165, 1.54) is 0 Å². The van der Waals surface area contributed by atoms with Gasteiger partial charge in [0.25, 0.3) is 5.91 Å². The molecule has 0 aliphatic rings. The summed E-state index contributed by atoms with van der Waals surface area (Å²) in [6.45, 7) is 0. The van der Waals surface area contributed by atoms with Crippen molar-refractivity contribution in [1.29, 1.82) is 0 Å². The summed E-state index contributed by atoms with van der Waals surface area (Å²) < 4.78 is 36.9. The molecule has 0 saturated carbocycles. The highest BCUT2D eigenvalue weighted by atomic mass is 35.5. The summed E-state index contributed by atoms with van der Waals surface area (Å²) in [6.07, 6.45) is -4.48. The standard InChI is InChI=1S/C10H5ClF3NO/c11-8-3-2-7(10(12,13)14)5-6(8)1-4-9(15)16/h2-3,5H,(H2,15,16). The first kappa shape index (κ1) is 12.4. The van der Waals surface area contributed by atoms with E-state index in [1.54, 1.807) is 0 Å². The highest BCUT2D eigenvalue weighted by Crippen LogP contribution is 2.31. The van der Waals surface area contributed by atoms with Crippen molar-refractivity contribution in [2.24, 2.45) is 5.73 Å². The van der Waals surface area contributed by atoms with E-state index in [1.807, 2.05) is 5.92 Å². The fraction of sp³-hybridized carbons (Fsp3) is 0.100. The Labute approximate surface area is 94.2 Å². The van der Waals surface area contributed by atoms with Gasteiger partial charge >= 0.3 is 6.18 Å². The quantitative estimate of drug-likeness (QED) is 0.702. The summed E-state index contributed by atoms with van der Waals surface area (Å²) >= 11 is 5.61. The van der Waals surface area contributed by atoms with E-state index in [9.17, 15) is 18.0 Å². The van der Waals surface area contributed by atoms with E-state index in [0.29, 0.717) is 0 Å². The number of carbonyl (C=O) groups is 1. The molecule has 0 unspecified atom stereocenters. The Hall–Kier alpha value is -1.67. The maximum absolute atomic E-state index is 12.3. The third kappa shape index (κ3) is 3.17. The van der Waals surface area contributed by atoms with Crippen molar-refractivity contribution in [2.75, 3.05) is 0 Å². The van der Waals surface area contributed by atoms with E-state index < -0.39 is 17.6 Å². The van der Waals surface area contributed by atoms with Gasteiger partial charge in [-0.2, -0.15) is 13.2 Å². The van der Waals surface area contributed by atoms with Crippen LogP contribution in [0.5, 0.6) is 0 Å². The number of hydrogen-bond acceptors (Lipinski definition) is 1. The number of nitrogens with two attached hydrogens (primary N) is 1. The topological polar surface area (TPSA) is 43.1 Å². The Bertz CT molecular complexity index is 485. The SMILES string of the molecule is NC(=O)C#Cc1cc(C(F)(F)F)ccc1Cl. The molecule has 0 aliphatic carbocycles. The first-order chi connectivity index (χ1) is 7.30. The van der Waals surface area contributed by atoms with E-state index in [4.69, 9.17) is 17.3 Å². The lowest BCUT2D eigenvalue weighted by atomic mass is 10.1. The van der Waals surface area contributed by atoms with Gasteiger partial charge < -0.3 is 5.73 Å². The number of amides is 1. The molecule has 1 aromatic rings. The fourth-order valence-corrected chi connectivity index (χ4v) is 1.09. The number of halogens is 4. The molecule has 0 bridgehead atoms. The zero-order valence-corrected chi connectivity index (χ0v) is 8.49. The van der Waals surface area contributed by atoms with Gasteiger partial charge in [0.1, 0.15) is 0 Å². The van der Waals surface area contributed by atoms with Gasteiger partial charge in [0, 0.05) is 11.5 Å².